The molecule has 4 aliphatic rings. The number of nitrogens with one attached hydrogen (secondary N) is 3. The van der Waals surface area contributed by atoms with Crippen molar-refractivity contribution in [2.24, 2.45) is 0 Å². The van der Waals surface area contributed by atoms with Gasteiger partial charge in [0.1, 0.15) is 0 Å². The number of fused-ring (bicyclic) bond motifs is 1. The molecule has 0 aromatic heterocycles. The van der Waals surface area contributed by atoms with Gasteiger partial charge in [-0.2, -0.15) is 0 Å². The summed E-state index contributed by atoms with van der Waals surface area (Å²) in [5.41, 5.74) is 3.15. The lowest BCUT2D eigenvalue weighted by atomic mass is 9.87. The van der Waals surface area contributed by atoms with Gasteiger partial charge >= 0.3 is 0 Å². The molecule has 3 N–H and O–H groups in total. The fourth-order valence-corrected chi connectivity index (χ4v) is 8.48. The van der Waals surface area contributed by atoms with Crippen LogP contribution in [0.2, 0.25) is 0 Å². The summed E-state index contributed by atoms with van der Waals surface area (Å²) in [6.45, 7) is 13.4. The van der Waals surface area contributed by atoms with Gasteiger partial charge < -0.3 is 35.1 Å². The summed E-state index contributed by atoms with van der Waals surface area (Å²) in [6, 6.07) is 3.75. The summed E-state index contributed by atoms with van der Waals surface area (Å²) in [7, 11) is 1.83. The SMILES string of the molecule is CN(CCN1CCCC1)C(=O)c1c(NCCN2CCCC2)cc(CCN2CCCC2)c2c(C(=O)NC=O)c(NCCN3CCCC3)cc(C=O)c12. The molecule has 4 saturated heterocycles. The normalized spacial score (nSPS) is 18.8. The Morgan fingerprint density at radius 1 is 0.667 bits per heavy atom. The molecular formula is C39H58N8O4. The highest BCUT2D eigenvalue weighted by molar-refractivity contribution is 6.24. The van der Waals surface area contributed by atoms with E-state index in [1.165, 1.54) is 38.5 Å². The number of nitrogens with zero attached hydrogens (tertiary/aromatic N) is 5. The molecule has 0 unspecified atom stereocenters. The van der Waals surface area contributed by atoms with Crippen LogP contribution in [0.4, 0.5) is 11.4 Å². The van der Waals surface area contributed by atoms with Gasteiger partial charge in [-0.3, -0.25) is 24.5 Å². The van der Waals surface area contributed by atoms with Crippen molar-refractivity contribution >= 4 is 46.7 Å². The van der Waals surface area contributed by atoms with Gasteiger partial charge in [0, 0.05) is 80.6 Å². The van der Waals surface area contributed by atoms with Crippen molar-refractivity contribution in [2.45, 2.75) is 57.8 Å². The van der Waals surface area contributed by atoms with E-state index in [0.29, 0.717) is 71.3 Å². The second-order valence-electron chi connectivity index (χ2n) is 14.8. The predicted molar refractivity (Wildman–Crippen MR) is 203 cm³/mol. The van der Waals surface area contributed by atoms with Crippen LogP contribution in [0.1, 0.15) is 88.0 Å². The summed E-state index contributed by atoms with van der Waals surface area (Å²) in [6.07, 6.45) is 11.3. The van der Waals surface area contributed by atoms with Gasteiger partial charge in [0.25, 0.3) is 11.8 Å². The monoisotopic (exact) mass is 702 g/mol. The van der Waals surface area contributed by atoms with Crippen molar-refractivity contribution < 1.29 is 19.2 Å². The molecule has 4 aliphatic heterocycles. The van der Waals surface area contributed by atoms with Crippen LogP contribution in [0.5, 0.6) is 0 Å². The van der Waals surface area contributed by atoms with Gasteiger partial charge in [0.15, 0.2) is 6.29 Å². The van der Waals surface area contributed by atoms with E-state index >= 15 is 0 Å². The maximum atomic E-state index is 14.7. The molecule has 12 heteroatoms. The van der Waals surface area contributed by atoms with Crippen LogP contribution in [0.3, 0.4) is 0 Å². The number of aldehydes is 1. The molecule has 4 heterocycles. The van der Waals surface area contributed by atoms with Crippen molar-refractivity contribution in [2.75, 3.05) is 116 Å². The molecule has 4 fully saturated rings. The molecule has 0 atom stereocenters. The van der Waals surface area contributed by atoms with Crippen molar-refractivity contribution in [1.29, 1.82) is 0 Å². The van der Waals surface area contributed by atoms with Gasteiger partial charge in [-0.15, -0.1) is 0 Å². The third-order valence-corrected chi connectivity index (χ3v) is 11.4. The van der Waals surface area contributed by atoms with E-state index in [4.69, 9.17) is 0 Å². The van der Waals surface area contributed by atoms with E-state index in [1.54, 1.807) is 11.0 Å². The molecule has 0 bridgehead atoms. The molecule has 6 rings (SSSR count). The maximum absolute atomic E-state index is 14.7. The third kappa shape index (κ3) is 9.27. The minimum absolute atomic E-state index is 0.187. The Hall–Kier alpha value is -3.58. The number of likely N-dealkylation sites (tertiary alicyclic amines) is 4. The van der Waals surface area contributed by atoms with Gasteiger partial charge in [0.05, 0.1) is 11.1 Å². The standard InChI is InChI=1S/C39H58N8O4/c1-43(24-25-47-19-8-9-20-47)39(51)37-33(41-12-23-46-17-6-7-18-46)26-30(10-21-44-13-2-3-14-44)34-35(37)31(28-48)27-32(36(34)38(50)42-29-49)40-11-22-45-15-4-5-16-45/h26-29,40-41H,2-25H2,1H3,(H,42,49,50). The lowest BCUT2D eigenvalue weighted by molar-refractivity contribution is -0.108. The number of rotatable bonds is 18. The number of hydrogen-bond acceptors (Lipinski definition) is 10. The number of likely N-dealkylation sites (N-methyl/N-ethyl adjacent to an activating group) is 1. The van der Waals surface area contributed by atoms with E-state index in [2.05, 4.69) is 35.6 Å². The molecule has 12 nitrogen and oxygen atoms in total. The first-order chi connectivity index (χ1) is 25.0. The Bertz CT molecular complexity index is 1530. The Kier molecular flexibility index (Phi) is 13.3. The van der Waals surface area contributed by atoms with E-state index in [9.17, 15) is 19.2 Å². The highest BCUT2D eigenvalue weighted by atomic mass is 16.2. The second kappa shape index (κ2) is 18.3. The summed E-state index contributed by atoms with van der Waals surface area (Å²) < 4.78 is 0. The lowest BCUT2D eigenvalue weighted by Crippen LogP contribution is -2.36. The first-order valence-corrected chi connectivity index (χ1v) is 19.5. The van der Waals surface area contributed by atoms with Gasteiger partial charge in [-0.05, 0) is 128 Å². The molecule has 0 saturated carbocycles. The highest BCUT2D eigenvalue weighted by Crippen LogP contribution is 2.39. The molecule has 0 spiro atoms. The van der Waals surface area contributed by atoms with Gasteiger partial charge in [-0.1, -0.05) is 0 Å². The topological polar surface area (TPSA) is 121 Å². The summed E-state index contributed by atoms with van der Waals surface area (Å²) in [5, 5.41) is 10.5. The maximum Gasteiger partial charge on any atom is 0.260 e. The molecule has 278 valence electrons. The Morgan fingerprint density at radius 3 is 1.67 bits per heavy atom. The largest absolute Gasteiger partial charge is 0.383 e. The molecule has 2 aromatic carbocycles. The highest BCUT2D eigenvalue weighted by Gasteiger charge is 2.29. The average Bonchev–Trinajstić information content (AvgIpc) is 3.98. The number of anilines is 2. The van der Waals surface area contributed by atoms with Gasteiger partial charge in [0.2, 0.25) is 6.41 Å². The number of carbonyl (C=O) groups is 4. The minimum atomic E-state index is -0.547. The van der Waals surface area contributed by atoms with Gasteiger partial charge in [-0.25, -0.2) is 0 Å². The first kappa shape index (κ1) is 37.2. The zero-order valence-corrected chi connectivity index (χ0v) is 30.6. The molecule has 51 heavy (non-hydrogen) atoms. The fraction of sp³-hybridized carbons (Fsp3) is 0.641. The van der Waals surface area contributed by atoms with Crippen LogP contribution in [0.25, 0.3) is 10.8 Å². The predicted octanol–water partition coefficient (Wildman–Crippen LogP) is 3.36. The Morgan fingerprint density at radius 2 is 1.16 bits per heavy atom. The quantitative estimate of drug-likeness (QED) is 0.200. The fourth-order valence-electron chi connectivity index (χ4n) is 8.48. The molecule has 2 aromatic rings. The van der Waals surface area contributed by atoms with Crippen molar-refractivity contribution in [3.63, 3.8) is 0 Å². The summed E-state index contributed by atoms with van der Waals surface area (Å²) in [5.74, 6) is -0.734. The molecular weight excluding hydrogens is 644 g/mol. The molecule has 0 radical (unpaired) electrons. The number of carbonyl (C=O) groups excluding carboxylic acids is 4. The van der Waals surface area contributed by atoms with Crippen LogP contribution in [-0.4, -0.2) is 154 Å². The van der Waals surface area contributed by atoms with E-state index in [0.717, 1.165) is 103 Å². The minimum Gasteiger partial charge on any atom is -0.383 e. The Balaban J connectivity index is 1.47. The molecule has 3 amide bonds. The third-order valence-electron chi connectivity index (χ3n) is 11.4. The zero-order chi connectivity index (χ0) is 35.6. The van der Waals surface area contributed by atoms with Crippen LogP contribution < -0.4 is 16.0 Å². The molecule has 0 aliphatic carbocycles. The summed E-state index contributed by atoms with van der Waals surface area (Å²) >= 11 is 0. The van der Waals surface area contributed by atoms with Crippen molar-refractivity contribution in [3.05, 3.63) is 34.4 Å². The number of hydrogen-bond donors (Lipinski definition) is 3. The van der Waals surface area contributed by atoms with Crippen LogP contribution in [0, 0.1) is 0 Å². The number of benzene rings is 2. The van der Waals surface area contributed by atoms with Crippen LogP contribution in [-0.2, 0) is 11.2 Å². The Labute approximate surface area is 303 Å². The van der Waals surface area contributed by atoms with E-state index in [1.807, 2.05) is 13.1 Å². The average molecular weight is 703 g/mol. The second-order valence-corrected chi connectivity index (χ2v) is 14.8. The summed E-state index contributed by atoms with van der Waals surface area (Å²) in [4.78, 5) is 65.0. The van der Waals surface area contributed by atoms with Crippen molar-refractivity contribution in [3.8, 4) is 0 Å². The number of imide groups is 1. The van der Waals surface area contributed by atoms with Crippen LogP contribution >= 0.6 is 0 Å². The van der Waals surface area contributed by atoms with Crippen molar-refractivity contribution in [1.82, 2.24) is 29.8 Å². The lowest BCUT2D eigenvalue weighted by Gasteiger charge is -2.27. The van der Waals surface area contributed by atoms with E-state index < -0.39 is 5.91 Å². The van der Waals surface area contributed by atoms with Crippen LogP contribution in [0.15, 0.2) is 12.1 Å². The van der Waals surface area contributed by atoms with E-state index in [-0.39, 0.29) is 5.91 Å². The number of amides is 3. The zero-order valence-electron chi connectivity index (χ0n) is 30.6. The first-order valence-electron chi connectivity index (χ1n) is 19.5. The smallest absolute Gasteiger partial charge is 0.260 e.